The Morgan fingerprint density at radius 1 is 1.32 bits per heavy atom. The number of hydrogen-bond donors (Lipinski definition) is 1. The van der Waals surface area contributed by atoms with Gasteiger partial charge in [0.05, 0.1) is 6.10 Å². The lowest BCUT2D eigenvalue weighted by Crippen LogP contribution is -2.29. The fourth-order valence-corrected chi connectivity index (χ4v) is 2.47. The van der Waals surface area contributed by atoms with Gasteiger partial charge in [-0.1, -0.05) is 0 Å². The summed E-state index contributed by atoms with van der Waals surface area (Å²) in [5, 5.41) is 3.19. The number of rotatable bonds is 5. The molecule has 1 heterocycles. The highest BCUT2D eigenvalue weighted by Gasteiger charge is 2.23. The van der Waals surface area contributed by atoms with E-state index in [1.807, 2.05) is 19.9 Å². The molecule has 0 aromatic carbocycles. The van der Waals surface area contributed by atoms with Crippen LogP contribution in [-0.4, -0.2) is 35.8 Å². The van der Waals surface area contributed by atoms with Crippen molar-refractivity contribution < 1.29 is 9.47 Å². The smallest absolute Gasteiger partial charge is 0.218 e. The molecule has 0 aliphatic heterocycles. The molecule has 5 nitrogen and oxygen atoms in total. The Balaban J connectivity index is 2.01. The van der Waals surface area contributed by atoms with Crippen molar-refractivity contribution in [3.63, 3.8) is 0 Å². The zero-order valence-corrected chi connectivity index (χ0v) is 12.0. The monoisotopic (exact) mass is 265 g/mol. The minimum atomic E-state index is 0.197. The fourth-order valence-electron chi connectivity index (χ4n) is 2.47. The molecule has 1 aromatic heterocycles. The molecule has 5 heteroatoms. The SMILES string of the molecule is CCNc1cc(OC2CCCC(OC)C2)nc(C)n1. The van der Waals surface area contributed by atoms with E-state index < -0.39 is 0 Å². The summed E-state index contributed by atoms with van der Waals surface area (Å²) in [4.78, 5) is 8.67. The second kappa shape index (κ2) is 6.70. The van der Waals surface area contributed by atoms with E-state index in [-0.39, 0.29) is 6.10 Å². The van der Waals surface area contributed by atoms with Gasteiger partial charge in [-0.15, -0.1) is 0 Å². The Morgan fingerprint density at radius 3 is 2.84 bits per heavy atom. The van der Waals surface area contributed by atoms with Gasteiger partial charge in [0.25, 0.3) is 0 Å². The minimum Gasteiger partial charge on any atom is -0.474 e. The number of nitrogens with zero attached hydrogens (tertiary/aromatic N) is 2. The summed E-state index contributed by atoms with van der Waals surface area (Å²) in [5.74, 6) is 2.21. The van der Waals surface area contributed by atoms with Crippen LogP contribution in [0.2, 0.25) is 0 Å². The average molecular weight is 265 g/mol. The topological polar surface area (TPSA) is 56.3 Å². The van der Waals surface area contributed by atoms with Crippen LogP contribution < -0.4 is 10.1 Å². The molecule has 2 unspecified atom stereocenters. The lowest BCUT2D eigenvalue weighted by Gasteiger charge is -2.28. The van der Waals surface area contributed by atoms with E-state index in [0.717, 1.165) is 43.9 Å². The van der Waals surface area contributed by atoms with Crippen molar-refractivity contribution in [3.8, 4) is 5.88 Å². The number of methoxy groups -OCH3 is 1. The van der Waals surface area contributed by atoms with Crippen molar-refractivity contribution in [2.45, 2.75) is 51.7 Å². The largest absolute Gasteiger partial charge is 0.474 e. The average Bonchev–Trinajstić information content (AvgIpc) is 2.38. The summed E-state index contributed by atoms with van der Waals surface area (Å²) >= 11 is 0. The Morgan fingerprint density at radius 2 is 2.11 bits per heavy atom. The van der Waals surface area contributed by atoms with E-state index in [1.54, 1.807) is 7.11 Å². The van der Waals surface area contributed by atoms with Gasteiger partial charge in [0.15, 0.2) is 0 Å². The molecule has 0 saturated heterocycles. The van der Waals surface area contributed by atoms with E-state index in [0.29, 0.717) is 12.0 Å². The molecule has 19 heavy (non-hydrogen) atoms. The summed E-state index contributed by atoms with van der Waals surface area (Å²) in [5.41, 5.74) is 0. The number of aryl methyl sites for hydroxylation is 1. The Kier molecular flexibility index (Phi) is 4.96. The highest BCUT2D eigenvalue weighted by molar-refractivity contribution is 5.38. The first-order valence-corrected chi connectivity index (χ1v) is 7.00. The molecule has 2 rings (SSSR count). The second-order valence-corrected chi connectivity index (χ2v) is 4.93. The van der Waals surface area contributed by atoms with Crippen molar-refractivity contribution in [2.75, 3.05) is 19.0 Å². The first-order chi connectivity index (χ1) is 9.21. The molecule has 1 aliphatic rings. The number of nitrogens with one attached hydrogen (secondary N) is 1. The maximum Gasteiger partial charge on any atom is 0.218 e. The van der Waals surface area contributed by atoms with Crippen molar-refractivity contribution >= 4 is 5.82 Å². The van der Waals surface area contributed by atoms with Crippen molar-refractivity contribution in [2.24, 2.45) is 0 Å². The summed E-state index contributed by atoms with van der Waals surface area (Å²) < 4.78 is 11.4. The predicted octanol–water partition coefficient (Wildman–Crippen LogP) is 2.55. The summed E-state index contributed by atoms with van der Waals surface area (Å²) in [6, 6.07) is 1.87. The number of aromatic nitrogens is 2. The number of ether oxygens (including phenoxy) is 2. The molecule has 106 valence electrons. The number of anilines is 1. The van der Waals surface area contributed by atoms with E-state index in [2.05, 4.69) is 15.3 Å². The fraction of sp³-hybridized carbons (Fsp3) is 0.714. The zero-order valence-electron chi connectivity index (χ0n) is 12.0. The van der Waals surface area contributed by atoms with Crippen LogP contribution in [0, 0.1) is 6.92 Å². The lowest BCUT2D eigenvalue weighted by molar-refractivity contribution is 0.0194. The molecular weight excluding hydrogens is 242 g/mol. The third-order valence-electron chi connectivity index (χ3n) is 3.37. The van der Waals surface area contributed by atoms with Gasteiger partial charge >= 0.3 is 0 Å². The van der Waals surface area contributed by atoms with E-state index in [4.69, 9.17) is 9.47 Å². The van der Waals surface area contributed by atoms with Crippen LogP contribution in [0.3, 0.4) is 0 Å². The number of hydrogen-bond acceptors (Lipinski definition) is 5. The molecular formula is C14H23N3O2. The Labute approximate surface area is 114 Å². The quantitative estimate of drug-likeness (QED) is 0.886. The first kappa shape index (κ1) is 14.1. The van der Waals surface area contributed by atoms with Gasteiger partial charge in [0.2, 0.25) is 5.88 Å². The van der Waals surface area contributed by atoms with Gasteiger partial charge in [-0.25, -0.2) is 4.98 Å². The van der Waals surface area contributed by atoms with E-state index >= 15 is 0 Å². The summed E-state index contributed by atoms with van der Waals surface area (Å²) in [6.45, 7) is 4.76. The van der Waals surface area contributed by atoms with E-state index in [9.17, 15) is 0 Å². The van der Waals surface area contributed by atoms with Crippen LogP contribution in [-0.2, 0) is 4.74 Å². The molecule has 1 fully saturated rings. The van der Waals surface area contributed by atoms with Gasteiger partial charge in [-0.3, -0.25) is 0 Å². The van der Waals surface area contributed by atoms with E-state index in [1.165, 1.54) is 0 Å². The first-order valence-electron chi connectivity index (χ1n) is 7.00. The molecule has 0 radical (unpaired) electrons. The third kappa shape index (κ3) is 4.06. The van der Waals surface area contributed by atoms with Crippen LogP contribution in [0.4, 0.5) is 5.82 Å². The van der Waals surface area contributed by atoms with Crippen molar-refractivity contribution in [1.82, 2.24) is 9.97 Å². The van der Waals surface area contributed by atoms with Crippen molar-refractivity contribution in [1.29, 1.82) is 0 Å². The highest BCUT2D eigenvalue weighted by atomic mass is 16.5. The maximum atomic E-state index is 5.98. The van der Waals surface area contributed by atoms with Gasteiger partial charge in [0, 0.05) is 26.1 Å². The second-order valence-electron chi connectivity index (χ2n) is 4.93. The van der Waals surface area contributed by atoms with Crippen LogP contribution in [0.15, 0.2) is 6.07 Å². The van der Waals surface area contributed by atoms with Gasteiger partial charge in [-0.2, -0.15) is 4.98 Å². The van der Waals surface area contributed by atoms with Gasteiger partial charge in [-0.05, 0) is 33.1 Å². The maximum absolute atomic E-state index is 5.98. The summed E-state index contributed by atoms with van der Waals surface area (Å²) in [6.07, 6.45) is 4.79. The molecule has 1 aliphatic carbocycles. The third-order valence-corrected chi connectivity index (χ3v) is 3.37. The molecule has 1 aromatic rings. The Hall–Kier alpha value is -1.36. The molecule has 1 saturated carbocycles. The molecule has 2 atom stereocenters. The molecule has 1 N–H and O–H groups in total. The lowest BCUT2D eigenvalue weighted by atomic mass is 9.95. The van der Waals surface area contributed by atoms with Crippen LogP contribution >= 0.6 is 0 Å². The highest BCUT2D eigenvalue weighted by Crippen LogP contribution is 2.25. The predicted molar refractivity (Wildman–Crippen MR) is 74.6 cm³/mol. The normalized spacial score (nSPS) is 23.1. The molecule has 0 amide bonds. The minimum absolute atomic E-state index is 0.197. The van der Waals surface area contributed by atoms with Crippen LogP contribution in [0.25, 0.3) is 0 Å². The van der Waals surface area contributed by atoms with Crippen LogP contribution in [0.5, 0.6) is 5.88 Å². The molecule has 0 spiro atoms. The molecule has 0 bridgehead atoms. The summed E-state index contributed by atoms with van der Waals surface area (Å²) in [7, 11) is 1.77. The van der Waals surface area contributed by atoms with Gasteiger partial charge in [0.1, 0.15) is 17.7 Å². The standard InChI is InChI=1S/C14H23N3O2/c1-4-15-13-9-14(17-10(2)16-13)19-12-7-5-6-11(8-12)18-3/h9,11-12H,4-8H2,1-3H3,(H,15,16,17). The van der Waals surface area contributed by atoms with Crippen LogP contribution in [0.1, 0.15) is 38.4 Å². The zero-order chi connectivity index (χ0) is 13.7. The van der Waals surface area contributed by atoms with Gasteiger partial charge < -0.3 is 14.8 Å². The van der Waals surface area contributed by atoms with Crippen molar-refractivity contribution in [3.05, 3.63) is 11.9 Å². The Bertz CT molecular complexity index is 412.